The van der Waals surface area contributed by atoms with E-state index in [0.717, 1.165) is 0 Å². The van der Waals surface area contributed by atoms with Crippen LogP contribution in [0.15, 0.2) is 30.3 Å². The molecule has 1 rings (SSSR count). The molecule has 0 N–H and O–H groups in total. The maximum Gasteiger partial charge on any atom is 0.485 e. The van der Waals surface area contributed by atoms with Crippen molar-refractivity contribution in [2.24, 2.45) is 0 Å². The summed E-state index contributed by atoms with van der Waals surface area (Å²) in [6.07, 6.45) is -1.86. The van der Waals surface area contributed by atoms with Crippen molar-refractivity contribution in [3.63, 3.8) is 0 Å². The van der Waals surface area contributed by atoms with Gasteiger partial charge in [-0.05, 0) is 12.1 Å². The van der Waals surface area contributed by atoms with Gasteiger partial charge in [0.2, 0.25) is 0 Å². The third-order valence-corrected chi connectivity index (χ3v) is 1.14. The number of benzene rings is 1. The number of hydrogen-bond donors (Lipinski definition) is 0. The standard InChI is InChI=1S/C7H5FNO2/c8-9(7(10)11)6-4-2-1-3-5-6/h1-5H. The minimum Gasteiger partial charge on any atom is -0.217 e. The van der Waals surface area contributed by atoms with Crippen molar-refractivity contribution >= 4 is 11.8 Å². The van der Waals surface area contributed by atoms with E-state index in [-0.39, 0.29) is 5.69 Å². The van der Waals surface area contributed by atoms with Crippen LogP contribution in [0.5, 0.6) is 0 Å². The monoisotopic (exact) mass is 154 g/mol. The van der Waals surface area contributed by atoms with Crippen LogP contribution in [0.1, 0.15) is 0 Å². The van der Waals surface area contributed by atoms with Gasteiger partial charge in [0.05, 0.1) is 5.69 Å². The van der Waals surface area contributed by atoms with Crippen LogP contribution in [-0.4, -0.2) is 6.09 Å². The molecular formula is C7H5FNO2. The Kier molecular flexibility index (Phi) is 2.06. The van der Waals surface area contributed by atoms with Gasteiger partial charge in [0.15, 0.2) is 0 Å². The molecule has 1 amide bonds. The molecule has 0 atom stereocenters. The molecule has 0 fully saturated rings. The summed E-state index contributed by atoms with van der Waals surface area (Å²) in [5, 5.41) is 9.50. The number of anilines is 1. The number of hydrogen-bond acceptors (Lipinski definition) is 1. The summed E-state index contributed by atoms with van der Waals surface area (Å²) in [6, 6.07) is 7.38. The molecule has 0 heterocycles. The first-order chi connectivity index (χ1) is 5.22. The van der Waals surface area contributed by atoms with Gasteiger partial charge in [-0.1, -0.05) is 22.7 Å². The molecule has 0 aliphatic heterocycles. The molecule has 57 valence electrons. The summed E-state index contributed by atoms with van der Waals surface area (Å²) in [5.41, 5.74) is -0.0486. The Morgan fingerprint density at radius 3 is 2.27 bits per heavy atom. The summed E-state index contributed by atoms with van der Waals surface area (Å²) in [6.45, 7) is 0. The van der Waals surface area contributed by atoms with Gasteiger partial charge in [0.25, 0.3) is 0 Å². The van der Waals surface area contributed by atoms with Crippen LogP contribution in [0, 0.1) is 0 Å². The first-order valence-electron chi connectivity index (χ1n) is 2.94. The molecule has 0 unspecified atom stereocenters. The number of carbonyl (C=O) groups excluding carboxylic acids is 1. The van der Waals surface area contributed by atoms with Gasteiger partial charge in [-0.2, -0.15) is 0 Å². The molecule has 0 spiro atoms. The zero-order valence-corrected chi connectivity index (χ0v) is 5.53. The van der Waals surface area contributed by atoms with Crippen LogP contribution in [0.25, 0.3) is 0 Å². The molecule has 1 aromatic carbocycles. The van der Waals surface area contributed by atoms with Crippen molar-refractivity contribution in [2.45, 2.75) is 0 Å². The Balaban J connectivity index is 2.85. The molecule has 4 heteroatoms. The van der Waals surface area contributed by atoms with Crippen LogP contribution in [-0.2, 0) is 5.11 Å². The van der Waals surface area contributed by atoms with Crippen LogP contribution in [0.3, 0.4) is 0 Å². The van der Waals surface area contributed by atoms with Crippen LogP contribution in [0.2, 0.25) is 0 Å². The average Bonchev–Trinajstić information content (AvgIpc) is 2.05. The van der Waals surface area contributed by atoms with E-state index in [9.17, 15) is 14.4 Å². The molecule has 0 aliphatic carbocycles. The average molecular weight is 154 g/mol. The number of amides is 1. The lowest BCUT2D eigenvalue weighted by Crippen LogP contribution is -2.17. The Bertz CT molecular complexity index is 250. The van der Waals surface area contributed by atoms with E-state index in [1.54, 1.807) is 6.07 Å². The maximum absolute atomic E-state index is 12.4. The molecular weight excluding hydrogens is 149 g/mol. The van der Waals surface area contributed by atoms with Crippen molar-refractivity contribution < 1.29 is 14.4 Å². The van der Waals surface area contributed by atoms with Gasteiger partial charge in [0.1, 0.15) is 0 Å². The highest BCUT2D eigenvalue weighted by Crippen LogP contribution is 2.12. The van der Waals surface area contributed by atoms with Gasteiger partial charge < -0.3 is 0 Å². The summed E-state index contributed by atoms with van der Waals surface area (Å²) in [7, 11) is 0. The topological polar surface area (TPSA) is 40.2 Å². The fourth-order valence-electron chi connectivity index (χ4n) is 0.664. The van der Waals surface area contributed by atoms with E-state index in [0.29, 0.717) is 0 Å². The van der Waals surface area contributed by atoms with E-state index in [2.05, 4.69) is 0 Å². The SMILES string of the molecule is [O]C(=O)N(F)c1ccccc1. The smallest absolute Gasteiger partial charge is 0.217 e. The fourth-order valence-corrected chi connectivity index (χ4v) is 0.664. The second-order valence-electron chi connectivity index (χ2n) is 1.88. The maximum atomic E-state index is 12.4. The van der Waals surface area contributed by atoms with Crippen molar-refractivity contribution in [3.8, 4) is 0 Å². The van der Waals surface area contributed by atoms with Gasteiger partial charge in [-0.15, -0.1) is 5.12 Å². The largest absolute Gasteiger partial charge is 0.485 e. The summed E-state index contributed by atoms with van der Waals surface area (Å²) >= 11 is 0. The highest BCUT2D eigenvalue weighted by molar-refractivity contribution is 5.82. The first-order valence-corrected chi connectivity index (χ1v) is 2.94. The Labute approximate surface area is 62.6 Å². The van der Waals surface area contributed by atoms with E-state index in [1.165, 1.54) is 24.3 Å². The predicted octanol–water partition coefficient (Wildman–Crippen LogP) is 1.93. The third kappa shape index (κ3) is 1.67. The van der Waals surface area contributed by atoms with Crippen molar-refractivity contribution in [2.75, 3.05) is 5.12 Å². The van der Waals surface area contributed by atoms with Crippen LogP contribution < -0.4 is 5.12 Å². The number of nitrogens with zero attached hydrogens (tertiary/aromatic N) is 1. The highest BCUT2D eigenvalue weighted by Gasteiger charge is 2.13. The summed E-state index contributed by atoms with van der Waals surface area (Å²) < 4.78 is 12.4. The van der Waals surface area contributed by atoms with Gasteiger partial charge >= 0.3 is 6.09 Å². The number of para-hydroxylation sites is 1. The van der Waals surface area contributed by atoms with E-state index in [1.807, 2.05) is 0 Å². The lowest BCUT2D eigenvalue weighted by molar-refractivity contribution is 0.161. The van der Waals surface area contributed by atoms with Crippen LogP contribution in [0.4, 0.5) is 15.0 Å². The molecule has 0 saturated carbocycles. The van der Waals surface area contributed by atoms with Crippen molar-refractivity contribution in [1.29, 1.82) is 0 Å². The molecule has 1 aromatic rings. The lowest BCUT2D eigenvalue weighted by atomic mass is 10.3. The van der Waals surface area contributed by atoms with Crippen molar-refractivity contribution in [3.05, 3.63) is 30.3 Å². The number of halogens is 1. The third-order valence-electron chi connectivity index (χ3n) is 1.14. The van der Waals surface area contributed by atoms with Crippen LogP contribution >= 0.6 is 0 Å². The van der Waals surface area contributed by atoms with Gasteiger partial charge in [0, 0.05) is 0 Å². The number of carbonyl (C=O) groups is 1. The molecule has 1 radical (unpaired) electrons. The molecule has 11 heavy (non-hydrogen) atoms. The molecule has 0 aliphatic rings. The minimum absolute atomic E-state index is 0.0486. The molecule has 0 bridgehead atoms. The summed E-state index contributed by atoms with van der Waals surface area (Å²) in [4.78, 5) is 9.94. The first kappa shape index (κ1) is 7.53. The quantitative estimate of drug-likeness (QED) is 0.569. The second kappa shape index (κ2) is 3.01. The predicted molar refractivity (Wildman–Crippen MR) is 36.1 cm³/mol. The Morgan fingerprint density at radius 2 is 1.82 bits per heavy atom. The van der Waals surface area contributed by atoms with Gasteiger partial charge in [-0.25, -0.2) is 9.90 Å². The second-order valence-corrected chi connectivity index (χ2v) is 1.88. The highest BCUT2D eigenvalue weighted by atomic mass is 19.2. The van der Waals surface area contributed by atoms with E-state index in [4.69, 9.17) is 0 Å². The fraction of sp³-hybridized carbons (Fsp3) is 0. The number of rotatable bonds is 1. The zero-order chi connectivity index (χ0) is 8.27. The minimum atomic E-state index is -1.86. The lowest BCUT2D eigenvalue weighted by Gasteiger charge is -2.03. The molecule has 0 saturated heterocycles. The zero-order valence-electron chi connectivity index (χ0n) is 5.53. The molecule has 0 aromatic heterocycles. The van der Waals surface area contributed by atoms with Gasteiger partial charge in [-0.3, -0.25) is 0 Å². The Morgan fingerprint density at radius 1 is 1.27 bits per heavy atom. The van der Waals surface area contributed by atoms with E-state index < -0.39 is 11.2 Å². The van der Waals surface area contributed by atoms with E-state index >= 15 is 0 Å². The normalized spacial score (nSPS) is 9.18. The molecule has 3 nitrogen and oxygen atoms in total. The Hall–Kier alpha value is -1.58. The van der Waals surface area contributed by atoms with Crippen molar-refractivity contribution in [1.82, 2.24) is 0 Å². The summed E-state index contributed by atoms with van der Waals surface area (Å²) in [5.74, 6) is 0.